The van der Waals surface area contributed by atoms with E-state index in [0.717, 1.165) is 11.3 Å². The van der Waals surface area contributed by atoms with Crippen LogP contribution in [0, 0.1) is 0 Å². The number of rotatable bonds is 0. The molecule has 0 atom stereocenters. The minimum Gasteiger partial charge on any atom is -0.308 e. The molecular weight excluding hydrogens is 228 g/mol. The predicted molar refractivity (Wildman–Crippen MR) is 69.9 cm³/mol. The van der Waals surface area contributed by atoms with Crippen molar-refractivity contribution in [2.45, 2.75) is 6.92 Å². The summed E-state index contributed by atoms with van der Waals surface area (Å²) in [6, 6.07) is 7.92. The third-order valence-electron chi connectivity index (χ3n) is 2.52. The lowest BCUT2D eigenvalue weighted by Crippen LogP contribution is -2.30. The molecule has 1 aliphatic heterocycles. The molecular formula is C13H14N4O. The summed E-state index contributed by atoms with van der Waals surface area (Å²) in [6.07, 6.45) is 7.22. The van der Waals surface area contributed by atoms with Gasteiger partial charge < -0.3 is 4.90 Å². The maximum atomic E-state index is 11.3. The van der Waals surface area contributed by atoms with Crippen molar-refractivity contribution >= 4 is 17.7 Å². The second-order valence-corrected chi connectivity index (χ2v) is 3.75. The Labute approximate surface area is 105 Å². The third-order valence-corrected chi connectivity index (χ3v) is 2.52. The first-order chi connectivity index (χ1) is 8.79. The number of carbonyl (C=O) groups excluding carboxylic acids is 1. The number of nitrogens with one attached hydrogen (secondary N) is 1. The number of benzene rings is 1. The maximum absolute atomic E-state index is 11.3. The largest absolute Gasteiger partial charge is 0.308 e. The SMILES string of the molecule is CC(=O)N1CC=Cc2ccccc21.c1cn[nH]n1. The first kappa shape index (κ1) is 12.0. The van der Waals surface area contributed by atoms with Crippen LogP contribution in [0.25, 0.3) is 6.08 Å². The summed E-state index contributed by atoms with van der Waals surface area (Å²) in [5.41, 5.74) is 2.13. The van der Waals surface area contributed by atoms with Gasteiger partial charge in [-0.25, -0.2) is 0 Å². The normalized spacial score (nSPS) is 12.4. The minimum atomic E-state index is 0.0943. The zero-order chi connectivity index (χ0) is 12.8. The van der Waals surface area contributed by atoms with Crippen molar-refractivity contribution in [2.75, 3.05) is 11.4 Å². The Hall–Kier alpha value is -2.43. The molecule has 1 aromatic carbocycles. The van der Waals surface area contributed by atoms with Crippen LogP contribution >= 0.6 is 0 Å². The van der Waals surface area contributed by atoms with Crippen LogP contribution in [0.1, 0.15) is 12.5 Å². The van der Waals surface area contributed by atoms with Crippen LogP contribution in [0.3, 0.4) is 0 Å². The summed E-state index contributed by atoms with van der Waals surface area (Å²) in [4.78, 5) is 13.0. The predicted octanol–water partition coefficient (Wildman–Crippen LogP) is 1.87. The molecule has 1 N–H and O–H groups in total. The number of anilines is 1. The van der Waals surface area contributed by atoms with Gasteiger partial charge in [0, 0.05) is 13.5 Å². The molecule has 0 spiro atoms. The molecule has 5 heteroatoms. The standard InChI is InChI=1S/C11H11NO.C2H3N3/c1-9(13)12-8-4-6-10-5-2-3-7-11(10)12;1-2-4-5-3-1/h2-7H,8H2,1H3;1-2H,(H,3,4,5). The molecule has 0 fully saturated rings. The van der Waals surface area contributed by atoms with Crippen molar-refractivity contribution < 1.29 is 4.79 Å². The number of nitrogens with zero attached hydrogens (tertiary/aromatic N) is 3. The van der Waals surface area contributed by atoms with Crippen LogP contribution in [0.2, 0.25) is 0 Å². The quantitative estimate of drug-likeness (QED) is 0.767. The van der Waals surface area contributed by atoms with Crippen LogP contribution in [0.15, 0.2) is 42.7 Å². The van der Waals surface area contributed by atoms with Crippen LogP contribution in [0.5, 0.6) is 0 Å². The molecule has 1 aromatic heterocycles. The molecule has 0 aliphatic carbocycles. The van der Waals surface area contributed by atoms with Crippen LogP contribution in [-0.2, 0) is 4.79 Å². The van der Waals surface area contributed by atoms with Gasteiger partial charge in [-0.2, -0.15) is 15.4 Å². The van der Waals surface area contributed by atoms with E-state index in [4.69, 9.17) is 0 Å². The van der Waals surface area contributed by atoms with Gasteiger partial charge in [0.1, 0.15) is 0 Å². The number of aromatic amines is 1. The number of amides is 1. The van der Waals surface area contributed by atoms with Crippen molar-refractivity contribution in [1.82, 2.24) is 15.4 Å². The molecule has 0 saturated heterocycles. The van der Waals surface area contributed by atoms with Gasteiger partial charge in [0.25, 0.3) is 0 Å². The average Bonchev–Trinajstić information content (AvgIpc) is 2.97. The van der Waals surface area contributed by atoms with E-state index in [-0.39, 0.29) is 5.91 Å². The van der Waals surface area contributed by atoms with E-state index in [2.05, 4.69) is 21.5 Å². The van der Waals surface area contributed by atoms with Gasteiger partial charge in [-0.1, -0.05) is 30.4 Å². The third kappa shape index (κ3) is 2.82. The highest BCUT2D eigenvalue weighted by Crippen LogP contribution is 2.24. The Morgan fingerprint density at radius 3 is 2.61 bits per heavy atom. The second kappa shape index (κ2) is 5.77. The first-order valence-electron chi connectivity index (χ1n) is 5.62. The zero-order valence-electron chi connectivity index (χ0n) is 10.1. The summed E-state index contributed by atoms with van der Waals surface area (Å²) in [5, 5.41) is 9.33. The molecule has 1 amide bonds. The van der Waals surface area contributed by atoms with E-state index in [1.807, 2.05) is 30.3 Å². The Kier molecular flexibility index (Phi) is 3.86. The van der Waals surface area contributed by atoms with Gasteiger partial charge in [0.2, 0.25) is 5.91 Å². The molecule has 1 aliphatic rings. The molecule has 2 heterocycles. The highest BCUT2D eigenvalue weighted by atomic mass is 16.2. The highest BCUT2D eigenvalue weighted by molar-refractivity contribution is 5.95. The topological polar surface area (TPSA) is 61.9 Å². The van der Waals surface area contributed by atoms with Crippen molar-refractivity contribution in [3.63, 3.8) is 0 Å². The lowest BCUT2D eigenvalue weighted by Gasteiger charge is -2.24. The molecule has 0 bridgehead atoms. The first-order valence-corrected chi connectivity index (χ1v) is 5.62. The Bertz CT molecular complexity index is 516. The van der Waals surface area contributed by atoms with Gasteiger partial charge in [-0.15, -0.1) is 0 Å². The number of hydrogen-bond donors (Lipinski definition) is 1. The van der Waals surface area contributed by atoms with Gasteiger partial charge in [0.15, 0.2) is 0 Å². The average molecular weight is 242 g/mol. The van der Waals surface area contributed by atoms with Crippen LogP contribution in [0.4, 0.5) is 5.69 Å². The molecule has 0 unspecified atom stereocenters. The summed E-state index contributed by atoms with van der Waals surface area (Å²) >= 11 is 0. The number of carbonyl (C=O) groups is 1. The summed E-state index contributed by atoms with van der Waals surface area (Å²) in [7, 11) is 0. The van der Waals surface area contributed by atoms with Gasteiger partial charge in [0.05, 0.1) is 18.1 Å². The van der Waals surface area contributed by atoms with Crippen molar-refractivity contribution in [3.05, 3.63) is 48.3 Å². The fourth-order valence-electron chi connectivity index (χ4n) is 1.72. The Balaban J connectivity index is 0.000000202. The van der Waals surface area contributed by atoms with E-state index in [0.29, 0.717) is 6.54 Å². The van der Waals surface area contributed by atoms with Crippen molar-refractivity contribution in [2.24, 2.45) is 0 Å². The number of fused-ring (bicyclic) bond motifs is 1. The number of hydrogen-bond acceptors (Lipinski definition) is 3. The maximum Gasteiger partial charge on any atom is 0.224 e. The van der Waals surface area contributed by atoms with Crippen molar-refractivity contribution in [1.29, 1.82) is 0 Å². The van der Waals surface area contributed by atoms with Crippen LogP contribution in [-0.4, -0.2) is 27.9 Å². The number of para-hydroxylation sites is 1. The monoisotopic (exact) mass is 242 g/mol. The minimum absolute atomic E-state index is 0.0943. The number of H-pyrrole nitrogens is 1. The number of aromatic nitrogens is 3. The highest BCUT2D eigenvalue weighted by Gasteiger charge is 2.14. The lowest BCUT2D eigenvalue weighted by atomic mass is 10.1. The molecule has 2 aromatic rings. The van der Waals surface area contributed by atoms with E-state index < -0.39 is 0 Å². The summed E-state index contributed by atoms with van der Waals surface area (Å²) < 4.78 is 0. The fraction of sp³-hybridized carbons (Fsp3) is 0.154. The Morgan fingerprint density at radius 2 is 2.00 bits per heavy atom. The van der Waals surface area contributed by atoms with E-state index in [9.17, 15) is 4.79 Å². The molecule has 0 saturated carbocycles. The summed E-state index contributed by atoms with van der Waals surface area (Å²) in [5.74, 6) is 0.0943. The lowest BCUT2D eigenvalue weighted by molar-refractivity contribution is -0.116. The van der Waals surface area contributed by atoms with Gasteiger partial charge in [-0.05, 0) is 11.6 Å². The molecule has 92 valence electrons. The molecule has 18 heavy (non-hydrogen) atoms. The van der Waals surface area contributed by atoms with Gasteiger partial charge >= 0.3 is 0 Å². The van der Waals surface area contributed by atoms with E-state index >= 15 is 0 Å². The second-order valence-electron chi connectivity index (χ2n) is 3.75. The molecule has 0 radical (unpaired) electrons. The van der Waals surface area contributed by atoms with Crippen LogP contribution < -0.4 is 4.90 Å². The summed E-state index contributed by atoms with van der Waals surface area (Å²) in [6.45, 7) is 2.28. The van der Waals surface area contributed by atoms with Gasteiger partial charge in [-0.3, -0.25) is 4.79 Å². The van der Waals surface area contributed by atoms with E-state index in [1.54, 1.807) is 24.2 Å². The molecule has 3 rings (SSSR count). The fourth-order valence-corrected chi connectivity index (χ4v) is 1.72. The Morgan fingerprint density at radius 1 is 1.28 bits per heavy atom. The van der Waals surface area contributed by atoms with E-state index in [1.165, 1.54) is 0 Å². The zero-order valence-corrected chi connectivity index (χ0v) is 10.1. The molecule has 5 nitrogen and oxygen atoms in total. The smallest absolute Gasteiger partial charge is 0.224 e. The van der Waals surface area contributed by atoms with Crippen molar-refractivity contribution in [3.8, 4) is 0 Å².